The number of guanidine groups is 1. The zero-order valence-corrected chi connectivity index (χ0v) is 21.0. The molecule has 3 rings (SSSR count). The van der Waals surface area contributed by atoms with Gasteiger partial charge in [-0.1, -0.05) is 25.0 Å². The van der Waals surface area contributed by atoms with E-state index >= 15 is 0 Å². The lowest BCUT2D eigenvalue weighted by Gasteiger charge is -2.31. The average molecular weight is 543 g/mol. The second kappa shape index (κ2) is 11.5. The zero-order valence-electron chi connectivity index (χ0n) is 18.6. The highest BCUT2D eigenvalue weighted by Crippen LogP contribution is 2.39. The van der Waals surface area contributed by atoms with E-state index in [0.717, 1.165) is 43.5 Å². The lowest BCUT2D eigenvalue weighted by molar-refractivity contribution is -0.138. The van der Waals surface area contributed by atoms with Crippen molar-refractivity contribution in [3.05, 3.63) is 24.3 Å². The molecule has 1 aromatic rings. The number of nitrogens with one attached hydrogen (secondary N) is 2. The smallest absolute Gasteiger partial charge is 0.265 e. The first-order valence-corrected chi connectivity index (χ1v) is 10.7. The third-order valence-corrected chi connectivity index (χ3v) is 5.90. The molecule has 1 fully saturated rings. The van der Waals surface area contributed by atoms with Crippen LogP contribution in [0.15, 0.2) is 29.3 Å². The highest BCUT2D eigenvalue weighted by atomic mass is 127. The van der Waals surface area contributed by atoms with E-state index in [0.29, 0.717) is 25.6 Å². The summed E-state index contributed by atoms with van der Waals surface area (Å²) < 4.78 is 5.49. The fraction of sp³-hybridized carbons (Fsp3) is 0.591. The summed E-state index contributed by atoms with van der Waals surface area (Å²) in [7, 11) is 5.37. The molecule has 2 aliphatic rings. The number of benzene rings is 1. The van der Waals surface area contributed by atoms with Crippen LogP contribution >= 0.6 is 24.0 Å². The van der Waals surface area contributed by atoms with Crippen molar-refractivity contribution in [3.8, 4) is 5.75 Å². The fourth-order valence-electron chi connectivity index (χ4n) is 4.31. The highest BCUT2D eigenvalue weighted by Gasteiger charge is 2.42. The molecule has 0 radical (unpaired) electrons. The lowest BCUT2D eigenvalue weighted by atomic mass is 9.84. The minimum absolute atomic E-state index is 0. The number of halogens is 1. The van der Waals surface area contributed by atoms with Crippen molar-refractivity contribution in [2.75, 3.05) is 52.3 Å². The third-order valence-electron chi connectivity index (χ3n) is 5.90. The first-order valence-electron chi connectivity index (χ1n) is 10.7. The SMILES string of the molecule is CN=C(NCCCN1C(=O)COc2ccccc21)NCC1(C(=O)N(C)C)CCCC1.I. The van der Waals surface area contributed by atoms with Gasteiger partial charge in [0.15, 0.2) is 12.6 Å². The van der Waals surface area contributed by atoms with E-state index in [1.807, 2.05) is 38.4 Å². The summed E-state index contributed by atoms with van der Waals surface area (Å²) in [6, 6.07) is 7.60. The van der Waals surface area contributed by atoms with Gasteiger partial charge in [0.25, 0.3) is 5.91 Å². The van der Waals surface area contributed by atoms with Crippen molar-refractivity contribution in [1.82, 2.24) is 15.5 Å². The quantitative estimate of drug-likeness (QED) is 0.239. The maximum absolute atomic E-state index is 12.7. The molecule has 31 heavy (non-hydrogen) atoms. The van der Waals surface area contributed by atoms with E-state index in [2.05, 4.69) is 15.6 Å². The maximum Gasteiger partial charge on any atom is 0.265 e. The number of hydrogen-bond acceptors (Lipinski definition) is 4. The number of ether oxygens (including phenoxy) is 1. The highest BCUT2D eigenvalue weighted by molar-refractivity contribution is 14.0. The van der Waals surface area contributed by atoms with Gasteiger partial charge in [-0.3, -0.25) is 14.6 Å². The number of rotatable bonds is 7. The molecule has 0 atom stereocenters. The summed E-state index contributed by atoms with van der Waals surface area (Å²) in [6.07, 6.45) is 4.76. The van der Waals surface area contributed by atoms with Crippen LogP contribution in [0.5, 0.6) is 5.75 Å². The molecule has 9 heteroatoms. The molecule has 172 valence electrons. The normalized spacial score (nSPS) is 17.3. The van der Waals surface area contributed by atoms with Gasteiger partial charge in [0, 0.05) is 40.8 Å². The molecule has 1 aliphatic heterocycles. The van der Waals surface area contributed by atoms with Gasteiger partial charge in [-0.25, -0.2) is 0 Å². The largest absolute Gasteiger partial charge is 0.482 e. The number of hydrogen-bond donors (Lipinski definition) is 2. The predicted molar refractivity (Wildman–Crippen MR) is 133 cm³/mol. The number of amides is 2. The Morgan fingerprint density at radius 2 is 1.94 bits per heavy atom. The monoisotopic (exact) mass is 543 g/mol. The summed E-state index contributed by atoms with van der Waals surface area (Å²) in [5, 5.41) is 6.64. The van der Waals surface area contributed by atoms with Gasteiger partial charge < -0.3 is 25.2 Å². The molecule has 1 aliphatic carbocycles. The standard InChI is InChI=1S/C22H33N5O3.HI/c1-23-21(25-16-22(11-6-7-12-22)20(29)26(2)3)24-13-8-14-27-17-9-4-5-10-18(17)30-15-19(27)28;/h4-5,9-10H,6-8,11-16H2,1-3H3,(H2,23,24,25);1H. The number of nitrogens with zero attached hydrogens (tertiary/aromatic N) is 3. The number of anilines is 1. The Bertz CT molecular complexity index is 793. The Kier molecular flexibility index (Phi) is 9.39. The van der Waals surface area contributed by atoms with Gasteiger partial charge in [-0.2, -0.15) is 0 Å². The molecule has 0 spiro atoms. The molecule has 1 saturated carbocycles. The first kappa shape index (κ1) is 25.2. The summed E-state index contributed by atoms with van der Waals surface area (Å²) >= 11 is 0. The van der Waals surface area contributed by atoms with Crippen LogP contribution in [0.25, 0.3) is 0 Å². The Hall–Kier alpha value is -2.04. The topological polar surface area (TPSA) is 86.3 Å². The fourth-order valence-corrected chi connectivity index (χ4v) is 4.31. The second-order valence-electron chi connectivity index (χ2n) is 8.19. The van der Waals surface area contributed by atoms with Crippen molar-refractivity contribution in [1.29, 1.82) is 0 Å². The predicted octanol–water partition coefficient (Wildman–Crippen LogP) is 2.23. The number of carbonyl (C=O) groups excluding carboxylic acids is 2. The van der Waals surface area contributed by atoms with Gasteiger partial charge in [0.2, 0.25) is 5.91 Å². The van der Waals surface area contributed by atoms with Crippen molar-refractivity contribution >= 4 is 47.4 Å². The van der Waals surface area contributed by atoms with E-state index in [4.69, 9.17) is 4.74 Å². The molecular weight excluding hydrogens is 509 g/mol. The Labute approximate surface area is 201 Å². The molecule has 0 aromatic heterocycles. The number of aliphatic imine (C=N–C) groups is 1. The van der Waals surface area contributed by atoms with Gasteiger partial charge >= 0.3 is 0 Å². The Morgan fingerprint density at radius 1 is 1.23 bits per heavy atom. The van der Waals surface area contributed by atoms with Crippen LogP contribution in [0.2, 0.25) is 0 Å². The Morgan fingerprint density at radius 3 is 2.61 bits per heavy atom. The van der Waals surface area contributed by atoms with Gasteiger partial charge in [-0.05, 0) is 31.4 Å². The first-order chi connectivity index (χ1) is 14.5. The van der Waals surface area contributed by atoms with E-state index in [9.17, 15) is 9.59 Å². The summed E-state index contributed by atoms with van der Waals surface area (Å²) in [4.78, 5) is 32.7. The van der Waals surface area contributed by atoms with Crippen LogP contribution < -0.4 is 20.3 Å². The number of fused-ring (bicyclic) bond motifs is 1. The van der Waals surface area contributed by atoms with Crippen molar-refractivity contribution in [2.24, 2.45) is 10.4 Å². The van der Waals surface area contributed by atoms with E-state index in [1.54, 1.807) is 16.8 Å². The lowest BCUT2D eigenvalue weighted by Crippen LogP contribution is -2.49. The average Bonchev–Trinajstić information content (AvgIpc) is 3.24. The molecule has 1 aromatic carbocycles. The molecule has 2 amide bonds. The summed E-state index contributed by atoms with van der Waals surface area (Å²) in [6.45, 7) is 1.93. The Balaban J connectivity index is 0.00000341. The van der Waals surface area contributed by atoms with Crippen molar-refractivity contribution in [3.63, 3.8) is 0 Å². The third kappa shape index (κ3) is 6.02. The number of carbonyl (C=O) groups is 2. The molecule has 0 bridgehead atoms. The van der Waals surface area contributed by atoms with Crippen LogP contribution in [0.1, 0.15) is 32.1 Å². The van der Waals surface area contributed by atoms with E-state index < -0.39 is 0 Å². The van der Waals surface area contributed by atoms with Gasteiger partial charge in [0.05, 0.1) is 11.1 Å². The molecular formula is C22H34IN5O3. The zero-order chi connectivity index (χ0) is 21.6. The minimum Gasteiger partial charge on any atom is -0.482 e. The van der Waals surface area contributed by atoms with Crippen LogP contribution in [0, 0.1) is 5.41 Å². The minimum atomic E-state index is -0.342. The van der Waals surface area contributed by atoms with Crippen molar-refractivity contribution < 1.29 is 14.3 Å². The van der Waals surface area contributed by atoms with E-state index in [1.165, 1.54) is 0 Å². The molecule has 8 nitrogen and oxygen atoms in total. The molecule has 0 unspecified atom stereocenters. The van der Waals surface area contributed by atoms with Crippen LogP contribution in [0.4, 0.5) is 5.69 Å². The van der Waals surface area contributed by atoms with Gasteiger partial charge in [-0.15, -0.1) is 24.0 Å². The van der Waals surface area contributed by atoms with Crippen LogP contribution in [-0.4, -0.2) is 70.1 Å². The summed E-state index contributed by atoms with van der Waals surface area (Å²) in [5.74, 6) is 1.59. The molecule has 0 saturated heterocycles. The van der Waals surface area contributed by atoms with E-state index in [-0.39, 0.29) is 47.8 Å². The van der Waals surface area contributed by atoms with Crippen LogP contribution in [-0.2, 0) is 9.59 Å². The number of para-hydroxylation sites is 2. The van der Waals surface area contributed by atoms with Crippen LogP contribution in [0.3, 0.4) is 0 Å². The molecule has 1 heterocycles. The van der Waals surface area contributed by atoms with Crippen molar-refractivity contribution in [2.45, 2.75) is 32.1 Å². The summed E-state index contributed by atoms with van der Waals surface area (Å²) in [5.41, 5.74) is 0.479. The van der Waals surface area contributed by atoms with Gasteiger partial charge in [0.1, 0.15) is 5.75 Å². The molecule has 2 N–H and O–H groups in total. The maximum atomic E-state index is 12.7. The second-order valence-corrected chi connectivity index (χ2v) is 8.19.